The second kappa shape index (κ2) is 12.9. The predicted molar refractivity (Wildman–Crippen MR) is 168 cm³/mol. The molecule has 238 valence electrons. The Labute approximate surface area is 262 Å². The molecule has 10 nitrogen and oxygen atoms in total. The Morgan fingerprint density at radius 2 is 1.53 bits per heavy atom. The maximum Gasteiger partial charge on any atom is 0.410 e. The topological polar surface area (TPSA) is 141 Å². The van der Waals surface area contributed by atoms with Crippen molar-refractivity contribution in [3.63, 3.8) is 0 Å². The number of H-pyrrole nitrogens is 1. The van der Waals surface area contributed by atoms with Gasteiger partial charge in [0.15, 0.2) is 0 Å². The number of aliphatic carboxylic acids is 1. The Balaban J connectivity index is 1.24. The number of nitrogens with one attached hydrogen (secondary N) is 3. The van der Waals surface area contributed by atoms with Crippen LogP contribution in [0, 0.1) is 23.7 Å². The van der Waals surface area contributed by atoms with Gasteiger partial charge in [0.25, 0.3) is 0 Å². The molecule has 0 unspecified atom stereocenters. The van der Waals surface area contributed by atoms with Crippen molar-refractivity contribution in [2.24, 2.45) is 23.7 Å². The molecule has 4 aliphatic carbocycles. The molecule has 3 aromatic rings. The molecule has 0 aliphatic heterocycles. The molecule has 2 aromatic carbocycles. The van der Waals surface area contributed by atoms with Crippen molar-refractivity contribution < 1.29 is 29.0 Å². The number of benzene rings is 2. The lowest BCUT2D eigenvalue weighted by Crippen LogP contribution is -2.57. The first-order chi connectivity index (χ1) is 21.7. The fourth-order valence-electron chi connectivity index (χ4n) is 8.01. The second-order valence-electron chi connectivity index (χ2n) is 13.3. The highest BCUT2D eigenvalue weighted by molar-refractivity contribution is 5.93. The number of carboxylic acids is 1. The normalized spacial score (nSPS) is 25.2. The van der Waals surface area contributed by atoms with Crippen LogP contribution in [0.1, 0.15) is 50.2 Å². The summed E-state index contributed by atoms with van der Waals surface area (Å²) >= 11 is 0. The molecule has 4 bridgehead atoms. The molecule has 1 aromatic heterocycles. The first kappa shape index (κ1) is 30.7. The molecule has 4 saturated carbocycles. The number of carbonyl (C=O) groups is 4. The maximum absolute atomic E-state index is 14.1. The number of rotatable bonds is 11. The minimum Gasteiger partial charge on any atom is -0.480 e. The molecule has 45 heavy (non-hydrogen) atoms. The first-order valence-electron chi connectivity index (χ1n) is 16.0. The van der Waals surface area contributed by atoms with E-state index >= 15 is 0 Å². The van der Waals surface area contributed by atoms with Crippen LogP contribution in [0.4, 0.5) is 4.79 Å². The van der Waals surface area contributed by atoms with E-state index in [0.717, 1.165) is 59.5 Å². The van der Waals surface area contributed by atoms with E-state index in [1.165, 1.54) is 18.2 Å². The fraction of sp³-hybridized carbons (Fsp3) is 0.486. The molecule has 3 atom stereocenters. The van der Waals surface area contributed by atoms with Crippen LogP contribution < -0.4 is 10.6 Å². The summed E-state index contributed by atoms with van der Waals surface area (Å²) in [6.07, 6.45) is 7.17. The summed E-state index contributed by atoms with van der Waals surface area (Å²) in [5.74, 6) is -0.119. The average molecular weight is 615 g/mol. The SMILES string of the molecule is C[C@H](NC(=O)[C@H](Cc1ccccc1)NC(=O)[C@@H](Cc1c[nH]c2ccccc12)N(C)C(=O)OC1C2CC3CC(C2)CC1C3)C(=O)O. The number of hydrogen-bond donors (Lipinski definition) is 4. The summed E-state index contributed by atoms with van der Waals surface area (Å²) in [6.45, 7) is 1.37. The van der Waals surface area contributed by atoms with E-state index < -0.39 is 42.0 Å². The monoisotopic (exact) mass is 614 g/mol. The lowest BCUT2D eigenvalue weighted by molar-refractivity contribution is -0.141. The number of carbonyl (C=O) groups excluding carboxylic acids is 3. The van der Waals surface area contributed by atoms with Gasteiger partial charge in [0, 0.05) is 37.0 Å². The highest BCUT2D eigenvalue weighted by Crippen LogP contribution is 2.54. The number of aromatic amines is 1. The standard InChI is InChI=1S/C35H42N4O6/c1-20(34(42)43)37-32(40)29(17-21-8-4-3-5-9-21)38-33(41)30(18-26-19-36-28-11-7-6-10-27(26)28)39(2)35(44)45-31-24-13-22-12-23(15-24)16-25(31)14-22/h3-11,19-20,22-25,29-31,36H,12-18H2,1-2H3,(H,37,40)(H,38,41)(H,42,43)/t20-,22?,23?,24?,25?,29-,30+,31?/m0/s1. The number of para-hydroxylation sites is 1. The molecule has 0 radical (unpaired) electrons. The molecule has 4 aliphatic rings. The first-order valence-corrected chi connectivity index (χ1v) is 16.0. The van der Waals surface area contributed by atoms with Crippen molar-refractivity contribution in [3.05, 3.63) is 71.9 Å². The third-order valence-electron chi connectivity index (χ3n) is 10.2. The third kappa shape index (κ3) is 6.70. The Hall–Kier alpha value is -4.34. The quantitative estimate of drug-likeness (QED) is 0.254. The number of carboxylic acid groups (broad SMARTS) is 1. The fourth-order valence-corrected chi connectivity index (χ4v) is 8.01. The number of ether oxygens (including phenoxy) is 1. The van der Waals surface area contributed by atoms with Crippen LogP contribution in [0.25, 0.3) is 10.9 Å². The predicted octanol–water partition coefficient (Wildman–Crippen LogP) is 4.29. The van der Waals surface area contributed by atoms with Crippen LogP contribution in [0.5, 0.6) is 0 Å². The van der Waals surface area contributed by atoms with Crippen molar-refractivity contribution in [3.8, 4) is 0 Å². The van der Waals surface area contributed by atoms with Gasteiger partial charge < -0.3 is 25.5 Å². The van der Waals surface area contributed by atoms with E-state index in [4.69, 9.17) is 4.74 Å². The van der Waals surface area contributed by atoms with E-state index in [1.807, 2.05) is 60.8 Å². The van der Waals surface area contributed by atoms with Crippen molar-refractivity contribution in [2.45, 2.75) is 76.1 Å². The van der Waals surface area contributed by atoms with Gasteiger partial charge in [-0.05, 0) is 79.9 Å². The average Bonchev–Trinajstić information content (AvgIpc) is 3.43. The molecule has 1 heterocycles. The zero-order valence-corrected chi connectivity index (χ0v) is 25.8. The third-order valence-corrected chi connectivity index (χ3v) is 10.2. The number of amides is 3. The number of hydrogen-bond acceptors (Lipinski definition) is 5. The number of likely N-dealkylation sites (N-methyl/N-ethyl adjacent to an activating group) is 1. The molecule has 3 amide bonds. The summed E-state index contributed by atoms with van der Waals surface area (Å²) in [5.41, 5.74) is 2.56. The van der Waals surface area contributed by atoms with E-state index in [0.29, 0.717) is 11.8 Å². The van der Waals surface area contributed by atoms with Gasteiger partial charge in [0.2, 0.25) is 11.8 Å². The Morgan fingerprint density at radius 1 is 0.889 bits per heavy atom. The number of fused-ring (bicyclic) bond motifs is 1. The van der Waals surface area contributed by atoms with Gasteiger partial charge in [-0.25, -0.2) is 4.79 Å². The summed E-state index contributed by atoms with van der Waals surface area (Å²) in [4.78, 5) is 57.3. The molecule has 10 heteroatoms. The molecular weight excluding hydrogens is 572 g/mol. The lowest BCUT2D eigenvalue weighted by atomic mass is 9.55. The largest absolute Gasteiger partial charge is 0.480 e. The van der Waals surface area contributed by atoms with E-state index in [2.05, 4.69) is 15.6 Å². The van der Waals surface area contributed by atoms with Crippen molar-refractivity contribution in [2.75, 3.05) is 7.05 Å². The van der Waals surface area contributed by atoms with Crippen LogP contribution >= 0.6 is 0 Å². The van der Waals surface area contributed by atoms with Gasteiger partial charge in [-0.1, -0.05) is 48.5 Å². The van der Waals surface area contributed by atoms with Gasteiger partial charge in [0.05, 0.1) is 0 Å². The van der Waals surface area contributed by atoms with Gasteiger partial charge in [-0.15, -0.1) is 0 Å². The molecule has 4 fully saturated rings. The molecule has 0 saturated heterocycles. The van der Waals surface area contributed by atoms with Gasteiger partial charge in [-0.3, -0.25) is 19.3 Å². The minimum absolute atomic E-state index is 0.140. The maximum atomic E-state index is 14.1. The molecular formula is C35H42N4O6. The van der Waals surface area contributed by atoms with E-state index in [1.54, 1.807) is 7.05 Å². The molecule has 4 N–H and O–H groups in total. The molecule has 0 spiro atoms. The Kier molecular flexibility index (Phi) is 8.83. The zero-order valence-electron chi connectivity index (χ0n) is 25.8. The highest BCUT2D eigenvalue weighted by Gasteiger charge is 2.50. The zero-order chi connectivity index (χ0) is 31.7. The van der Waals surface area contributed by atoms with E-state index in [9.17, 15) is 24.3 Å². The number of aromatic nitrogens is 1. The van der Waals surface area contributed by atoms with Crippen LogP contribution in [-0.2, 0) is 32.0 Å². The van der Waals surface area contributed by atoms with Crippen molar-refractivity contribution >= 4 is 34.8 Å². The van der Waals surface area contributed by atoms with Crippen LogP contribution in [0.15, 0.2) is 60.8 Å². The van der Waals surface area contributed by atoms with Crippen molar-refractivity contribution in [1.29, 1.82) is 0 Å². The van der Waals surface area contributed by atoms with E-state index in [-0.39, 0.29) is 18.9 Å². The smallest absolute Gasteiger partial charge is 0.410 e. The molecule has 7 rings (SSSR count). The Morgan fingerprint density at radius 3 is 2.20 bits per heavy atom. The summed E-state index contributed by atoms with van der Waals surface area (Å²) < 4.78 is 6.21. The van der Waals surface area contributed by atoms with Crippen LogP contribution in [0.3, 0.4) is 0 Å². The van der Waals surface area contributed by atoms with Crippen molar-refractivity contribution in [1.82, 2.24) is 20.5 Å². The highest BCUT2D eigenvalue weighted by atomic mass is 16.6. The Bertz CT molecular complexity index is 1530. The lowest BCUT2D eigenvalue weighted by Gasteiger charge is -2.53. The summed E-state index contributed by atoms with van der Waals surface area (Å²) in [7, 11) is 1.58. The number of nitrogens with zero attached hydrogens (tertiary/aromatic N) is 1. The van der Waals surface area contributed by atoms with Crippen LogP contribution in [0.2, 0.25) is 0 Å². The van der Waals surface area contributed by atoms with Crippen LogP contribution in [-0.4, -0.2) is 70.1 Å². The second-order valence-corrected chi connectivity index (χ2v) is 13.3. The van der Waals surface area contributed by atoms with Gasteiger partial charge >= 0.3 is 12.1 Å². The minimum atomic E-state index is -1.18. The van der Waals surface area contributed by atoms with Gasteiger partial charge in [-0.2, -0.15) is 0 Å². The summed E-state index contributed by atoms with van der Waals surface area (Å²) in [6, 6.07) is 13.7. The summed E-state index contributed by atoms with van der Waals surface area (Å²) in [5, 5.41) is 15.7. The van der Waals surface area contributed by atoms with Gasteiger partial charge in [0.1, 0.15) is 24.2 Å².